The zero-order valence-corrected chi connectivity index (χ0v) is 8.92. The van der Waals surface area contributed by atoms with Crippen LogP contribution in [0.4, 0.5) is 8.78 Å². The van der Waals surface area contributed by atoms with Crippen molar-refractivity contribution in [2.75, 3.05) is 0 Å². The van der Waals surface area contributed by atoms with Gasteiger partial charge in [0.1, 0.15) is 22.4 Å². The van der Waals surface area contributed by atoms with E-state index in [1.165, 1.54) is 6.07 Å². The van der Waals surface area contributed by atoms with Crippen LogP contribution in [0.5, 0.6) is 0 Å². The van der Waals surface area contributed by atoms with Crippen molar-refractivity contribution in [3.8, 4) is 11.3 Å². The Morgan fingerprint density at radius 1 is 1.29 bits per heavy atom. The number of aromatic nitrogens is 2. The van der Waals surface area contributed by atoms with E-state index in [2.05, 4.69) is 10.2 Å². The second-order valence-electron chi connectivity index (χ2n) is 3.23. The van der Waals surface area contributed by atoms with E-state index in [4.69, 9.17) is 16.7 Å². The summed E-state index contributed by atoms with van der Waals surface area (Å²) >= 11 is 5.32. The fourth-order valence-corrected chi connectivity index (χ4v) is 1.39. The molecule has 88 valence electrons. The van der Waals surface area contributed by atoms with Gasteiger partial charge in [-0.2, -0.15) is 5.10 Å². The molecule has 1 aromatic carbocycles. The average Bonchev–Trinajstić information content (AvgIpc) is 2.74. The van der Waals surface area contributed by atoms with E-state index in [1.54, 1.807) is 0 Å². The lowest BCUT2D eigenvalue weighted by Crippen LogP contribution is -1.95. The van der Waals surface area contributed by atoms with Gasteiger partial charge in [0.15, 0.2) is 0 Å². The van der Waals surface area contributed by atoms with Crippen LogP contribution in [0, 0.1) is 11.6 Å². The summed E-state index contributed by atoms with van der Waals surface area (Å²) in [6, 6.07) is 3.13. The first kappa shape index (κ1) is 11.5. The fourth-order valence-electron chi connectivity index (χ4n) is 1.28. The number of hydrogen-bond donors (Lipinski definition) is 2. The highest BCUT2D eigenvalue weighted by molar-refractivity contribution is 6.31. The van der Waals surface area contributed by atoms with Crippen LogP contribution in [0.1, 0.15) is 10.5 Å². The molecule has 7 heteroatoms. The van der Waals surface area contributed by atoms with Gasteiger partial charge in [-0.25, -0.2) is 13.6 Å². The second kappa shape index (κ2) is 4.14. The molecule has 4 nitrogen and oxygen atoms in total. The Hall–Kier alpha value is -1.95. The summed E-state index contributed by atoms with van der Waals surface area (Å²) in [5.41, 5.74) is 0.0563. The third-order valence-electron chi connectivity index (χ3n) is 2.09. The lowest BCUT2D eigenvalue weighted by atomic mass is 10.1. The number of halogens is 3. The summed E-state index contributed by atoms with van der Waals surface area (Å²) in [4.78, 5) is 10.6. The number of carboxylic acids is 1. The number of aromatic amines is 1. The highest BCUT2D eigenvalue weighted by atomic mass is 35.5. The molecule has 0 bridgehead atoms. The number of carbonyl (C=O) groups is 1. The van der Waals surface area contributed by atoms with E-state index in [-0.39, 0.29) is 17.0 Å². The minimum Gasteiger partial charge on any atom is -0.477 e. The molecule has 1 heterocycles. The topological polar surface area (TPSA) is 66.0 Å². The molecule has 2 aromatic rings. The largest absolute Gasteiger partial charge is 0.477 e. The van der Waals surface area contributed by atoms with Gasteiger partial charge in [-0.3, -0.25) is 5.10 Å². The van der Waals surface area contributed by atoms with Crippen LogP contribution in [-0.4, -0.2) is 21.3 Å². The van der Waals surface area contributed by atoms with Crippen molar-refractivity contribution in [3.05, 3.63) is 40.6 Å². The van der Waals surface area contributed by atoms with Gasteiger partial charge in [-0.05, 0) is 18.2 Å². The molecule has 0 fully saturated rings. The quantitative estimate of drug-likeness (QED) is 0.814. The third-order valence-corrected chi connectivity index (χ3v) is 2.45. The maximum atomic E-state index is 13.2. The van der Waals surface area contributed by atoms with Crippen LogP contribution < -0.4 is 0 Å². The maximum Gasteiger partial charge on any atom is 0.353 e. The number of hydrogen-bond acceptors (Lipinski definition) is 2. The number of H-pyrrole nitrogens is 1. The Kier molecular flexibility index (Phi) is 2.81. The number of nitrogens with one attached hydrogen (secondary N) is 1. The molecule has 0 amide bonds. The zero-order chi connectivity index (χ0) is 12.6. The van der Waals surface area contributed by atoms with Crippen LogP contribution in [0.3, 0.4) is 0 Å². The molecule has 0 unspecified atom stereocenters. The molecule has 0 aliphatic rings. The standard InChI is InChI=1S/C10H5ClF2N2O2/c11-9-5(12)1-4(2-6(9)13)7-3-8(10(16)17)15-14-7/h1-3H,(H,14,15)(H,16,17). The van der Waals surface area contributed by atoms with E-state index in [0.717, 1.165) is 12.1 Å². The molecule has 0 saturated carbocycles. The van der Waals surface area contributed by atoms with E-state index >= 15 is 0 Å². The fraction of sp³-hybridized carbons (Fsp3) is 0. The smallest absolute Gasteiger partial charge is 0.353 e. The van der Waals surface area contributed by atoms with Crippen LogP contribution in [0.15, 0.2) is 18.2 Å². The van der Waals surface area contributed by atoms with Gasteiger partial charge in [0.2, 0.25) is 0 Å². The van der Waals surface area contributed by atoms with Gasteiger partial charge in [0.25, 0.3) is 0 Å². The van der Waals surface area contributed by atoms with E-state index < -0.39 is 22.6 Å². The summed E-state index contributed by atoms with van der Waals surface area (Å²) in [6.07, 6.45) is 0. The van der Waals surface area contributed by atoms with Gasteiger partial charge >= 0.3 is 5.97 Å². The molecular weight excluding hydrogens is 254 g/mol. The molecule has 2 rings (SSSR count). The molecule has 2 N–H and O–H groups in total. The maximum absolute atomic E-state index is 13.2. The third kappa shape index (κ3) is 2.12. The monoisotopic (exact) mass is 258 g/mol. The van der Waals surface area contributed by atoms with Crippen molar-refractivity contribution in [1.82, 2.24) is 10.2 Å². The van der Waals surface area contributed by atoms with Crippen molar-refractivity contribution in [2.24, 2.45) is 0 Å². The highest BCUT2D eigenvalue weighted by Crippen LogP contribution is 2.26. The predicted octanol–water partition coefficient (Wildman–Crippen LogP) is 2.71. The lowest BCUT2D eigenvalue weighted by molar-refractivity contribution is 0.0690. The summed E-state index contributed by atoms with van der Waals surface area (Å²) in [6.45, 7) is 0. The number of rotatable bonds is 2. The van der Waals surface area contributed by atoms with Crippen LogP contribution in [0.2, 0.25) is 5.02 Å². The molecule has 0 spiro atoms. The first-order chi connectivity index (χ1) is 7.99. The summed E-state index contributed by atoms with van der Waals surface area (Å²) in [7, 11) is 0. The second-order valence-corrected chi connectivity index (χ2v) is 3.60. The Bertz CT molecular complexity index is 575. The number of carboxylic acid groups (broad SMARTS) is 1. The Morgan fingerprint density at radius 2 is 1.88 bits per heavy atom. The lowest BCUT2D eigenvalue weighted by Gasteiger charge is -2.00. The number of aromatic carboxylic acids is 1. The molecule has 1 aromatic heterocycles. The van der Waals surface area contributed by atoms with E-state index in [1.807, 2.05) is 0 Å². The van der Waals surface area contributed by atoms with Gasteiger partial charge in [-0.1, -0.05) is 11.6 Å². The number of nitrogens with zero attached hydrogens (tertiary/aromatic N) is 1. The van der Waals surface area contributed by atoms with Gasteiger partial charge in [0.05, 0.1) is 5.69 Å². The number of benzene rings is 1. The first-order valence-electron chi connectivity index (χ1n) is 4.42. The molecule has 0 atom stereocenters. The SMILES string of the molecule is O=C(O)c1cc(-c2cc(F)c(Cl)c(F)c2)n[nH]1. The molecule has 0 saturated heterocycles. The summed E-state index contributed by atoms with van der Waals surface area (Å²) in [5.74, 6) is -3.07. The summed E-state index contributed by atoms with van der Waals surface area (Å²) < 4.78 is 26.3. The first-order valence-corrected chi connectivity index (χ1v) is 4.80. The normalized spacial score (nSPS) is 10.5. The van der Waals surface area contributed by atoms with Gasteiger partial charge < -0.3 is 5.11 Å². The molecular formula is C10H5ClF2N2O2. The zero-order valence-electron chi connectivity index (χ0n) is 8.17. The van der Waals surface area contributed by atoms with Crippen molar-refractivity contribution in [1.29, 1.82) is 0 Å². The summed E-state index contributed by atoms with van der Waals surface area (Å²) in [5, 5.41) is 13.9. The Labute approximate surface area is 98.8 Å². The Morgan fingerprint density at radius 3 is 2.35 bits per heavy atom. The van der Waals surface area contributed by atoms with Crippen LogP contribution in [-0.2, 0) is 0 Å². The van der Waals surface area contributed by atoms with Crippen molar-refractivity contribution in [3.63, 3.8) is 0 Å². The molecule has 17 heavy (non-hydrogen) atoms. The van der Waals surface area contributed by atoms with Crippen molar-refractivity contribution in [2.45, 2.75) is 0 Å². The van der Waals surface area contributed by atoms with E-state index in [9.17, 15) is 13.6 Å². The molecule has 0 radical (unpaired) electrons. The van der Waals surface area contributed by atoms with Gasteiger partial charge in [0, 0.05) is 5.56 Å². The molecule has 0 aliphatic carbocycles. The van der Waals surface area contributed by atoms with Crippen LogP contribution in [0.25, 0.3) is 11.3 Å². The molecule has 0 aliphatic heterocycles. The predicted molar refractivity (Wildman–Crippen MR) is 55.9 cm³/mol. The van der Waals surface area contributed by atoms with Gasteiger partial charge in [-0.15, -0.1) is 0 Å². The van der Waals surface area contributed by atoms with Crippen molar-refractivity contribution < 1.29 is 18.7 Å². The van der Waals surface area contributed by atoms with Crippen LogP contribution >= 0.6 is 11.6 Å². The van der Waals surface area contributed by atoms with Crippen molar-refractivity contribution >= 4 is 17.6 Å². The minimum atomic E-state index is -1.21. The average molecular weight is 259 g/mol. The Balaban J connectivity index is 2.49. The highest BCUT2D eigenvalue weighted by Gasteiger charge is 2.13. The minimum absolute atomic E-state index is 0.105. The van der Waals surface area contributed by atoms with E-state index in [0.29, 0.717) is 0 Å².